The van der Waals surface area contributed by atoms with Crippen LogP contribution in [-0.4, -0.2) is 51.3 Å². The molecule has 0 fully saturated rings. The summed E-state index contributed by atoms with van der Waals surface area (Å²) >= 11 is 6.14. The molecule has 0 aliphatic carbocycles. The zero-order chi connectivity index (χ0) is 22.2. The maximum atomic E-state index is 13.8. The number of rotatable bonds is 6. The zero-order valence-corrected chi connectivity index (χ0v) is 17.5. The summed E-state index contributed by atoms with van der Waals surface area (Å²) in [5, 5.41) is 29.6. The van der Waals surface area contributed by atoms with Crippen LogP contribution in [-0.2, 0) is 14.3 Å². The number of aliphatic hydroxyl groups is 1. The normalized spacial score (nSPS) is 16.1. The van der Waals surface area contributed by atoms with E-state index < -0.39 is 42.2 Å². The lowest BCUT2D eigenvalue weighted by molar-refractivity contribution is -0.143. The van der Waals surface area contributed by atoms with Crippen LogP contribution in [0.5, 0.6) is 5.88 Å². The average molecular weight is 452 g/mol. The second-order valence-electron chi connectivity index (χ2n) is 6.54. The van der Waals surface area contributed by atoms with Gasteiger partial charge in [0.25, 0.3) is 0 Å². The Bertz CT molecular complexity index is 1150. The van der Waals surface area contributed by atoms with Crippen molar-refractivity contribution in [2.45, 2.75) is 13.0 Å². The monoisotopic (exact) mass is 452 g/mol. The lowest BCUT2D eigenvalue weighted by atomic mass is 10.0. The molecule has 11 heteroatoms. The Kier molecular flexibility index (Phi) is 6.15. The van der Waals surface area contributed by atoms with Gasteiger partial charge in [-0.1, -0.05) is 6.92 Å². The molecule has 0 amide bonds. The van der Waals surface area contributed by atoms with Gasteiger partial charge >= 0.3 is 11.9 Å². The summed E-state index contributed by atoms with van der Waals surface area (Å²) in [5.74, 6) is -3.75. The maximum absolute atomic E-state index is 13.8. The highest BCUT2D eigenvalue weighted by atomic mass is 32.1. The lowest BCUT2D eigenvalue weighted by Gasteiger charge is -2.20. The molecule has 0 saturated carbocycles. The molecule has 1 aromatic carbocycles. The van der Waals surface area contributed by atoms with Crippen molar-refractivity contribution in [3.8, 4) is 5.88 Å². The van der Waals surface area contributed by atoms with E-state index in [1.807, 2.05) is 0 Å². The number of aliphatic imine (C=N–C) groups is 1. The van der Waals surface area contributed by atoms with E-state index in [4.69, 9.17) is 17.0 Å². The van der Waals surface area contributed by atoms with Crippen LogP contribution in [0.15, 0.2) is 23.2 Å². The summed E-state index contributed by atoms with van der Waals surface area (Å²) in [6, 6.07) is 2.51. The van der Waals surface area contributed by atoms with Gasteiger partial charge in [-0.25, -0.2) is 19.0 Å². The van der Waals surface area contributed by atoms with E-state index in [9.17, 15) is 29.3 Å². The number of fused-ring (bicyclic) bond motifs is 1. The van der Waals surface area contributed by atoms with Crippen molar-refractivity contribution in [3.05, 3.63) is 38.4 Å². The minimum Gasteiger partial charge on any atom is -0.493 e. The van der Waals surface area contributed by atoms with Crippen LogP contribution in [0.4, 0.5) is 10.1 Å². The third-order valence-corrected chi connectivity index (χ3v) is 5.93. The van der Waals surface area contributed by atoms with Gasteiger partial charge in [-0.15, -0.1) is 11.3 Å². The number of carbonyl (C=O) groups excluding carboxylic acids is 1. The van der Waals surface area contributed by atoms with E-state index in [-0.39, 0.29) is 20.1 Å². The number of carboxylic acids is 1. The molecule has 2 unspecified atom stereocenters. The molecular formula is C19H17FN2O6S2. The molecule has 0 saturated heterocycles. The number of nitrogens with zero attached hydrogens (tertiary/aromatic N) is 2. The minimum atomic E-state index is -1.30. The van der Waals surface area contributed by atoms with E-state index in [1.165, 1.54) is 38.3 Å². The molecule has 3 N–H and O–H groups in total. The third kappa shape index (κ3) is 3.78. The quantitative estimate of drug-likeness (QED) is 0.455. The summed E-state index contributed by atoms with van der Waals surface area (Å²) in [4.78, 5) is 28.2. The van der Waals surface area contributed by atoms with Crippen LogP contribution in [0.2, 0.25) is 0 Å². The number of carbonyl (C=O) groups is 2. The average Bonchev–Trinajstić information content (AvgIpc) is 3.19. The summed E-state index contributed by atoms with van der Waals surface area (Å²) in [6.45, 7) is 1.07. The first-order chi connectivity index (χ1) is 14.2. The van der Waals surface area contributed by atoms with Gasteiger partial charge in [0.1, 0.15) is 11.9 Å². The van der Waals surface area contributed by atoms with Crippen LogP contribution in [0.1, 0.15) is 23.4 Å². The molecule has 2 atom stereocenters. The maximum Gasteiger partial charge on any atom is 0.357 e. The number of hydrogen-bond acceptors (Lipinski definition) is 8. The smallest absolute Gasteiger partial charge is 0.357 e. The largest absolute Gasteiger partial charge is 0.493 e. The van der Waals surface area contributed by atoms with Crippen molar-refractivity contribution in [3.63, 3.8) is 0 Å². The number of benzene rings is 1. The fraction of sp³-hybridized carbons (Fsp3) is 0.263. The van der Waals surface area contributed by atoms with E-state index in [0.717, 1.165) is 15.9 Å². The molecule has 0 bridgehead atoms. The molecular weight excluding hydrogens is 435 g/mol. The van der Waals surface area contributed by atoms with Gasteiger partial charge in [0, 0.05) is 23.7 Å². The van der Waals surface area contributed by atoms with E-state index in [2.05, 4.69) is 4.99 Å². The number of aromatic hydroxyl groups is 1. The second kappa shape index (κ2) is 8.46. The number of hydrogen-bond donors (Lipinski definition) is 3. The number of thiazole rings is 1. The SMILES string of the molecule is COC(=O)C1=Nc2ccc(F)cc2/C1=C\c1sc(=S)n(C(C(=O)O)C(C)CO)c1O. The number of aromatic nitrogens is 1. The van der Waals surface area contributed by atoms with Crippen molar-refractivity contribution in [1.82, 2.24) is 4.57 Å². The number of halogens is 1. The number of methoxy groups -OCH3 is 1. The summed E-state index contributed by atoms with van der Waals surface area (Å²) < 4.78 is 19.6. The highest BCUT2D eigenvalue weighted by molar-refractivity contribution is 7.73. The summed E-state index contributed by atoms with van der Waals surface area (Å²) in [5.41, 5.74) is 0.793. The van der Waals surface area contributed by atoms with Crippen molar-refractivity contribution < 1.29 is 34.0 Å². The molecule has 0 spiro atoms. The van der Waals surface area contributed by atoms with Crippen molar-refractivity contribution >= 4 is 58.5 Å². The Hall–Kier alpha value is -2.89. The second-order valence-corrected chi connectivity index (χ2v) is 8.22. The van der Waals surface area contributed by atoms with Crippen LogP contribution in [0.25, 0.3) is 11.6 Å². The highest BCUT2D eigenvalue weighted by Crippen LogP contribution is 2.40. The Morgan fingerprint density at radius 3 is 2.73 bits per heavy atom. The first kappa shape index (κ1) is 21.8. The van der Waals surface area contributed by atoms with Crippen molar-refractivity contribution in [1.29, 1.82) is 0 Å². The molecule has 0 radical (unpaired) electrons. The topological polar surface area (TPSA) is 121 Å². The van der Waals surface area contributed by atoms with Gasteiger partial charge in [-0.2, -0.15) is 0 Å². The van der Waals surface area contributed by atoms with Gasteiger partial charge in [-0.05, 0) is 36.5 Å². The van der Waals surface area contributed by atoms with E-state index in [0.29, 0.717) is 11.3 Å². The van der Waals surface area contributed by atoms with Crippen LogP contribution in [0.3, 0.4) is 0 Å². The predicted octanol–water partition coefficient (Wildman–Crippen LogP) is 3.18. The Balaban J connectivity index is 2.19. The van der Waals surface area contributed by atoms with Gasteiger partial charge in [0.15, 0.2) is 9.67 Å². The van der Waals surface area contributed by atoms with E-state index in [1.54, 1.807) is 0 Å². The number of aliphatic carboxylic acids is 1. The molecule has 2 heterocycles. The molecule has 1 aliphatic heterocycles. The number of ether oxygens (including phenoxy) is 1. The third-order valence-electron chi connectivity index (χ3n) is 4.59. The minimum absolute atomic E-state index is 0.0565. The number of aliphatic hydroxyl groups excluding tert-OH is 1. The highest BCUT2D eigenvalue weighted by Gasteiger charge is 2.32. The zero-order valence-electron chi connectivity index (χ0n) is 15.8. The predicted molar refractivity (Wildman–Crippen MR) is 111 cm³/mol. The van der Waals surface area contributed by atoms with Gasteiger partial charge in [0.05, 0.1) is 17.7 Å². The van der Waals surface area contributed by atoms with Gasteiger partial charge in [-0.3, -0.25) is 4.57 Å². The molecule has 30 heavy (non-hydrogen) atoms. The summed E-state index contributed by atoms with van der Waals surface area (Å²) in [6.07, 6.45) is 1.38. The Labute approximate surface area is 179 Å². The van der Waals surface area contributed by atoms with Crippen LogP contribution >= 0.6 is 23.6 Å². The fourth-order valence-electron chi connectivity index (χ4n) is 3.10. The van der Waals surface area contributed by atoms with Crippen molar-refractivity contribution in [2.24, 2.45) is 10.9 Å². The molecule has 3 rings (SSSR count). The molecule has 2 aromatic rings. The van der Waals surface area contributed by atoms with Crippen molar-refractivity contribution in [2.75, 3.05) is 13.7 Å². The standard InChI is InChI=1S/C19H17FN2O6S2/c1-8(7-23)15(17(25)26)22-16(24)13(30-19(22)29)6-11-10-5-9(20)3-4-12(10)21-14(11)18(27)28-2/h3-6,8,15,23-24H,7H2,1-2H3,(H,25,26)/b11-6+. The number of esters is 1. The summed E-state index contributed by atoms with van der Waals surface area (Å²) in [7, 11) is 1.18. The fourth-order valence-corrected chi connectivity index (χ4v) is 4.42. The molecule has 1 aromatic heterocycles. The van der Waals surface area contributed by atoms with Crippen LogP contribution < -0.4 is 0 Å². The first-order valence-corrected chi connectivity index (χ1v) is 9.89. The van der Waals surface area contributed by atoms with E-state index >= 15 is 0 Å². The Morgan fingerprint density at radius 1 is 1.43 bits per heavy atom. The first-order valence-electron chi connectivity index (χ1n) is 8.66. The molecule has 158 valence electrons. The molecule has 8 nitrogen and oxygen atoms in total. The Morgan fingerprint density at radius 2 is 2.13 bits per heavy atom. The lowest BCUT2D eigenvalue weighted by Crippen LogP contribution is -2.27. The van der Waals surface area contributed by atoms with Crippen LogP contribution in [0, 0.1) is 15.7 Å². The number of carboxylic acid groups (broad SMARTS) is 1. The molecule has 1 aliphatic rings. The van der Waals surface area contributed by atoms with Gasteiger partial charge in [0.2, 0.25) is 5.88 Å². The van der Waals surface area contributed by atoms with Gasteiger partial charge < -0.3 is 20.1 Å².